The number of sulfone groups is 1. The third-order valence-corrected chi connectivity index (χ3v) is 9.61. The Labute approximate surface area is 234 Å². The van der Waals surface area contributed by atoms with Crippen LogP contribution < -0.4 is 15.0 Å². The number of amides is 1. The number of nitrogens with zero attached hydrogens (tertiary/aromatic N) is 3. The second-order valence-electron chi connectivity index (χ2n) is 10.8. The van der Waals surface area contributed by atoms with Crippen LogP contribution >= 0.6 is 0 Å². The number of pyridine rings is 1. The Hall–Kier alpha value is -3.90. The Morgan fingerprint density at radius 3 is 2.35 bits per heavy atom. The first-order valence-electron chi connectivity index (χ1n) is 13.9. The number of fused-ring (bicyclic) bond motifs is 1. The first-order chi connectivity index (χ1) is 19.4. The van der Waals surface area contributed by atoms with Crippen LogP contribution in [0.15, 0.2) is 59.5 Å². The molecule has 1 atom stereocenters. The van der Waals surface area contributed by atoms with E-state index in [-0.39, 0.29) is 23.0 Å². The largest absolute Gasteiger partial charge is 0.490 e. The third-order valence-electron chi connectivity index (χ3n) is 7.86. The number of nitriles is 1. The lowest BCUT2D eigenvalue weighted by Gasteiger charge is -2.32. The zero-order valence-corrected chi connectivity index (χ0v) is 23.3. The van der Waals surface area contributed by atoms with E-state index in [1.807, 2.05) is 6.07 Å². The summed E-state index contributed by atoms with van der Waals surface area (Å²) in [5.41, 5.74) is 5.52. The summed E-state index contributed by atoms with van der Waals surface area (Å²) in [5, 5.41) is 12.3. The van der Waals surface area contributed by atoms with Gasteiger partial charge in [-0.1, -0.05) is 19.1 Å². The minimum absolute atomic E-state index is 0.00700. The van der Waals surface area contributed by atoms with Crippen molar-refractivity contribution in [2.24, 2.45) is 0 Å². The van der Waals surface area contributed by atoms with Gasteiger partial charge in [-0.2, -0.15) is 5.26 Å². The van der Waals surface area contributed by atoms with Gasteiger partial charge in [-0.05, 0) is 73.7 Å². The van der Waals surface area contributed by atoms with E-state index in [9.17, 15) is 18.5 Å². The molecule has 2 fully saturated rings. The monoisotopic (exact) mass is 556 g/mol. The maximum absolute atomic E-state index is 13.3. The predicted molar refractivity (Wildman–Crippen MR) is 152 cm³/mol. The molecule has 2 saturated carbocycles. The van der Waals surface area contributed by atoms with Crippen molar-refractivity contribution >= 4 is 27.1 Å². The molecule has 1 aromatic heterocycles. The van der Waals surface area contributed by atoms with Crippen LogP contribution in [0.1, 0.15) is 84.2 Å². The molecule has 40 heavy (non-hydrogen) atoms. The van der Waals surface area contributed by atoms with Gasteiger partial charge in [-0.15, -0.1) is 0 Å². The zero-order valence-electron chi connectivity index (χ0n) is 22.5. The van der Waals surface area contributed by atoms with Crippen molar-refractivity contribution in [2.75, 3.05) is 23.8 Å². The Morgan fingerprint density at radius 2 is 1.75 bits per heavy atom. The fourth-order valence-corrected chi connectivity index (χ4v) is 6.06. The fraction of sp³-hybridized carbons (Fsp3) is 0.387. The summed E-state index contributed by atoms with van der Waals surface area (Å²) in [4.78, 5) is 20.7. The molecule has 9 heteroatoms. The molecule has 0 radical (unpaired) electrons. The van der Waals surface area contributed by atoms with E-state index in [4.69, 9.17) is 9.72 Å². The maximum atomic E-state index is 13.3. The second kappa shape index (κ2) is 10.6. The van der Waals surface area contributed by atoms with Gasteiger partial charge >= 0.3 is 0 Å². The second-order valence-corrected chi connectivity index (χ2v) is 13.0. The average Bonchev–Trinajstić information content (AvgIpc) is 3.89. The molecule has 0 bridgehead atoms. The normalized spacial score (nSPS) is 17.4. The van der Waals surface area contributed by atoms with Crippen LogP contribution in [0.3, 0.4) is 0 Å². The number of hydrogen-bond donors (Lipinski definition) is 1. The van der Waals surface area contributed by atoms with Crippen LogP contribution in [-0.2, 0) is 9.84 Å². The Bertz CT molecular complexity index is 1560. The molecule has 1 aliphatic heterocycles. The minimum Gasteiger partial charge on any atom is -0.490 e. The lowest BCUT2D eigenvalue weighted by molar-refractivity contribution is 0.0936. The SMILES string of the molecule is CCS(=O)(=O)c1ccc([C@H](CC#N)NC(=O)c2ccc3c(c2)OCCN3c2cc(C3CC3)nc(C3CC3)c2)cc1. The van der Waals surface area contributed by atoms with Gasteiger partial charge in [-0.3, -0.25) is 9.78 Å². The number of rotatable bonds is 9. The van der Waals surface area contributed by atoms with Crippen LogP contribution in [0.4, 0.5) is 11.4 Å². The first kappa shape index (κ1) is 26.3. The molecule has 2 aromatic carbocycles. The van der Waals surface area contributed by atoms with Crippen molar-refractivity contribution in [3.8, 4) is 11.8 Å². The van der Waals surface area contributed by atoms with E-state index in [1.165, 1.54) is 49.2 Å². The number of aromatic nitrogens is 1. The molecule has 1 N–H and O–H groups in total. The molecule has 1 amide bonds. The molecule has 0 unspecified atom stereocenters. The third kappa shape index (κ3) is 5.41. The summed E-state index contributed by atoms with van der Waals surface area (Å²) in [6.07, 6.45) is 4.86. The maximum Gasteiger partial charge on any atom is 0.251 e. The minimum atomic E-state index is -3.33. The predicted octanol–water partition coefficient (Wildman–Crippen LogP) is 5.55. The van der Waals surface area contributed by atoms with Crippen LogP contribution in [0.5, 0.6) is 5.75 Å². The van der Waals surface area contributed by atoms with E-state index >= 15 is 0 Å². The van der Waals surface area contributed by atoms with Gasteiger partial charge < -0.3 is 15.0 Å². The first-order valence-corrected chi connectivity index (χ1v) is 15.6. The number of anilines is 2. The topological polar surface area (TPSA) is 112 Å². The summed E-state index contributed by atoms with van der Waals surface area (Å²) in [6.45, 7) is 2.81. The van der Waals surface area contributed by atoms with E-state index in [0.29, 0.717) is 41.9 Å². The van der Waals surface area contributed by atoms with E-state index in [1.54, 1.807) is 31.2 Å². The van der Waals surface area contributed by atoms with Gasteiger partial charge in [0.1, 0.15) is 12.4 Å². The molecular formula is C31H32N4O4S. The molecule has 8 nitrogen and oxygen atoms in total. The summed E-state index contributed by atoms with van der Waals surface area (Å²) in [5.74, 6) is 1.45. The molecular weight excluding hydrogens is 524 g/mol. The van der Waals surface area contributed by atoms with Gasteiger partial charge in [0, 0.05) is 34.5 Å². The molecule has 0 saturated heterocycles. The molecule has 206 valence electrons. The Morgan fingerprint density at radius 1 is 1.07 bits per heavy atom. The molecule has 0 spiro atoms. The van der Waals surface area contributed by atoms with Crippen LogP contribution in [0, 0.1) is 11.3 Å². The Balaban J connectivity index is 1.23. The number of carbonyl (C=O) groups is 1. The fourth-order valence-electron chi connectivity index (χ4n) is 5.18. The van der Waals surface area contributed by atoms with Crippen molar-refractivity contribution in [3.63, 3.8) is 0 Å². The van der Waals surface area contributed by atoms with Crippen molar-refractivity contribution in [1.29, 1.82) is 5.26 Å². The zero-order chi connectivity index (χ0) is 27.9. The highest BCUT2D eigenvalue weighted by molar-refractivity contribution is 7.91. The number of nitrogens with one attached hydrogen (secondary N) is 1. The number of carbonyl (C=O) groups excluding carboxylic acids is 1. The van der Waals surface area contributed by atoms with E-state index in [2.05, 4.69) is 28.4 Å². The van der Waals surface area contributed by atoms with Crippen molar-refractivity contribution < 1.29 is 17.9 Å². The highest BCUT2D eigenvalue weighted by Crippen LogP contribution is 2.46. The van der Waals surface area contributed by atoms with Crippen LogP contribution in [-0.4, -0.2) is 38.2 Å². The van der Waals surface area contributed by atoms with E-state index in [0.717, 1.165) is 11.4 Å². The summed E-state index contributed by atoms with van der Waals surface area (Å²) < 4.78 is 30.3. The average molecular weight is 557 g/mol. The highest BCUT2D eigenvalue weighted by atomic mass is 32.2. The smallest absolute Gasteiger partial charge is 0.251 e. The van der Waals surface area contributed by atoms with Crippen LogP contribution in [0.25, 0.3) is 0 Å². The summed E-state index contributed by atoms with van der Waals surface area (Å²) >= 11 is 0. The van der Waals surface area contributed by atoms with Gasteiger partial charge in [0.15, 0.2) is 9.84 Å². The lowest BCUT2D eigenvalue weighted by Crippen LogP contribution is -2.30. The molecule has 2 heterocycles. The molecule has 6 rings (SSSR count). The van der Waals surface area contributed by atoms with E-state index < -0.39 is 15.9 Å². The molecule has 3 aliphatic rings. The highest BCUT2D eigenvalue weighted by Gasteiger charge is 2.32. The van der Waals surface area contributed by atoms with Gasteiger partial charge in [-0.25, -0.2) is 8.42 Å². The lowest BCUT2D eigenvalue weighted by atomic mass is 10.0. The Kier molecular flexibility index (Phi) is 6.97. The molecule has 3 aromatic rings. The standard InChI is InChI=1S/C31H32N4O4S/c1-2-40(37,38)25-10-7-20(8-11-25)26(13-14-32)34-31(36)23-9-12-29-30(17-23)39-16-15-35(29)24-18-27(21-3-4-21)33-28(19-24)22-5-6-22/h7-12,17-19,21-22,26H,2-6,13,15-16H2,1H3,(H,34,36)/t26-/m0/s1. The number of ether oxygens (including phenoxy) is 1. The summed E-state index contributed by atoms with van der Waals surface area (Å²) in [7, 11) is -3.33. The number of benzene rings is 2. The summed E-state index contributed by atoms with van der Waals surface area (Å²) in [6, 6.07) is 17.8. The molecule has 2 aliphatic carbocycles. The van der Waals surface area contributed by atoms with Crippen molar-refractivity contribution in [2.45, 2.75) is 61.8 Å². The van der Waals surface area contributed by atoms with Crippen LogP contribution in [0.2, 0.25) is 0 Å². The number of hydrogen-bond acceptors (Lipinski definition) is 7. The quantitative estimate of drug-likeness (QED) is 0.368. The van der Waals surface area contributed by atoms with Gasteiger partial charge in [0.25, 0.3) is 5.91 Å². The van der Waals surface area contributed by atoms with Gasteiger partial charge in [0.05, 0.1) is 41.4 Å². The van der Waals surface area contributed by atoms with Gasteiger partial charge in [0.2, 0.25) is 0 Å². The van der Waals surface area contributed by atoms with Crippen molar-refractivity contribution in [3.05, 3.63) is 77.1 Å². The van der Waals surface area contributed by atoms with Crippen molar-refractivity contribution in [1.82, 2.24) is 10.3 Å².